The molecule has 3 unspecified atom stereocenters. The van der Waals surface area contributed by atoms with Crippen LogP contribution in [0.2, 0.25) is 0 Å². The minimum absolute atomic E-state index is 0.351. The van der Waals surface area contributed by atoms with Gasteiger partial charge >= 0.3 is 5.97 Å². The number of hydrogen-bond acceptors (Lipinski definition) is 2. The van der Waals surface area contributed by atoms with Crippen molar-refractivity contribution in [2.45, 2.75) is 57.2 Å². The number of carbonyl (C=O) groups is 1. The Morgan fingerprint density at radius 3 is 2.50 bits per heavy atom. The molecule has 2 aliphatic heterocycles. The zero-order chi connectivity index (χ0) is 11.7. The summed E-state index contributed by atoms with van der Waals surface area (Å²) in [4.78, 5) is 13.3. The molecule has 2 bridgehead atoms. The van der Waals surface area contributed by atoms with Crippen molar-refractivity contribution in [1.82, 2.24) is 4.90 Å². The van der Waals surface area contributed by atoms with Crippen molar-refractivity contribution < 1.29 is 9.90 Å². The van der Waals surface area contributed by atoms with E-state index in [4.69, 9.17) is 5.11 Å². The Balaban J connectivity index is 2.00. The third kappa shape index (κ3) is 2.14. The monoisotopic (exact) mass is 223 g/mol. The summed E-state index contributed by atoms with van der Waals surface area (Å²) in [7, 11) is 0. The zero-order valence-electron chi connectivity index (χ0n) is 9.93. The molecule has 3 heteroatoms. The molecule has 2 heterocycles. The molecule has 3 nitrogen and oxygen atoms in total. The second-order valence-corrected chi connectivity index (χ2v) is 5.24. The average molecular weight is 223 g/mol. The van der Waals surface area contributed by atoms with E-state index >= 15 is 0 Å². The molecule has 1 N–H and O–H groups in total. The van der Waals surface area contributed by atoms with E-state index in [0.29, 0.717) is 30.5 Å². The van der Waals surface area contributed by atoms with E-state index < -0.39 is 5.97 Å². The molecule has 0 aromatic heterocycles. The molecule has 0 spiro atoms. The van der Waals surface area contributed by atoms with E-state index in [1.54, 1.807) is 0 Å². The van der Waals surface area contributed by atoms with Gasteiger partial charge in [-0.25, -0.2) is 0 Å². The van der Waals surface area contributed by atoms with Crippen LogP contribution in [0.15, 0.2) is 12.7 Å². The van der Waals surface area contributed by atoms with Crippen LogP contribution in [0.3, 0.4) is 0 Å². The van der Waals surface area contributed by atoms with Crippen LogP contribution in [-0.4, -0.2) is 34.1 Å². The summed E-state index contributed by atoms with van der Waals surface area (Å²) in [5.74, 6) is -0.252. The van der Waals surface area contributed by atoms with E-state index in [1.807, 2.05) is 6.08 Å². The quantitative estimate of drug-likeness (QED) is 0.743. The second-order valence-electron chi connectivity index (χ2n) is 5.24. The third-order valence-corrected chi connectivity index (χ3v) is 4.16. The second kappa shape index (κ2) is 4.58. The van der Waals surface area contributed by atoms with E-state index in [9.17, 15) is 4.79 Å². The maximum Gasteiger partial charge on any atom is 0.303 e. The molecule has 90 valence electrons. The van der Waals surface area contributed by atoms with Crippen LogP contribution < -0.4 is 0 Å². The van der Waals surface area contributed by atoms with Gasteiger partial charge in [0.25, 0.3) is 0 Å². The van der Waals surface area contributed by atoms with Gasteiger partial charge in [0.1, 0.15) is 0 Å². The molecule has 2 fully saturated rings. The van der Waals surface area contributed by atoms with E-state index in [0.717, 1.165) is 12.8 Å². The summed E-state index contributed by atoms with van der Waals surface area (Å²) in [6, 6.07) is 1.62. The van der Waals surface area contributed by atoms with Crippen molar-refractivity contribution in [2.24, 2.45) is 5.92 Å². The Labute approximate surface area is 97.1 Å². The molecular formula is C13H21NO2. The van der Waals surface area contributed by atoms with Gasteiger partial charge in [-0.2, -0.15) is 0 Å². The first-order chi connectivity index (χ1) is 7.61. The number of nitrogens with zero attached hydrogens (tertiary/aromatic N) is 1. The van der Waals surface area contributed by atoms with Gasteiger partial charge in [0.15, 0.2) is 0 Å². The summed E-state index contributed by atoms with van der Waals surface area (Å²) in [5.41, 5.74) is 0. The summed E-state index contributed by atoms with van der Waals surface area (Å²) in [6.45, 7) is 6.05. The van der Waals surface area contributed by atoms with Crippen molar-refractivity contribution in [3.8, 4) is 0 Å². The van der Waals surface area contributed by atoms with Gasteiger partial charge in [-0.1, -0.05) is 6.08 Å². The van der Waals surface area contributed by atoms with Crippen molar-refractivity contribution >= 4 is 5.97 Å². The molecule has 0 amide bonds. The molecule has 3 atom stereocenters. The minimum atomic E-state index is -0.644. The highest BCUT2D eigenvalue weighted by atomic mass is 16.4. The number of carboxylic acid groups (broad SMARTS) is 1. The van der Waals surface area contributed by atoms with Crippen LogP contribution in [0, 0.1) is 5.92 Å². The Morgan fingerprint density at radius 1 is 1.50 bits per heavy atom. The van der Waals surface area contributed by atoms with Gasteiger partial charge in [0, 0.05) is 24.5 Å². The standard InChI is InChI=1S/C13H21NO2/c1-3-9(2)14-11-4-5-12(14)7-10(6-11)8-13(15)16/h3,9-12H,1,4-8H2,2H3,(H,15,16). The Hall–Kier alpha value is -0.830. The maximum absolute atomic E-state index is 10.7. The minimum Gasteiger partial charge on any atom is -0.481 e. The van der Waals surface area contributed by atoms with Crippen LogP contribution in [0.5, 0.6) is 0 Å². The predicted octanol–water partition coefficient (Wildman–Crippen LogP) is 2.28. The average Bonchev–Trinajstić information content (AvgIpc) is 2.49. The zero-order valence-corrected chi connectivity index (χ0v) is 9.93. The molecule has 0 saturated carbocycles. The maximum atomic E-state index is 10.7. The number of fused-ring (bicyclic) bond motifs is 2. The number of hydrogen-bond donors (Lipinski definition) is 1. The summed E-state index contributed by atoms with van der Waals surface area (Å²) in [5, 5.41) is 8.85. The molecule has 0 aliphatic carbocycles. The van der Waals surface area contributed by atoms with Crippen LogP contribution >= 0.6 is 0 Å². The highest BCUT2D eigenvalue weighted by molar-refractivity contribution is 5.67. The highest BCUT2D eigenvalue weighted by Gasteiger charge is 2.42. The number of piperidine rings is 1. The van der Waals surface area contributed by atoms with Crippen LogP contribution in [0.1, 0.15) is 39.0 Å². The SMILES string of the molecule is C=CC(C)N1C2CCC1CC(CC(=O)O)C2. The largest absolute Gasteiger partial charge is 0.481 e. The molecule has 2 rings (SSSR count). The fourth-order valence-corrected chi connectivity index (χ4v) is 3.53. The van der Waals surface area contributed by atoms with Crippen LogP contribution in [0.25, 0.3) is 0 Å². The van der Waals surface area contributed by atoms with E-state index in [2.05, 4.69) is 18.4 Å². The molecule has 2 saturated heterocycles. The molecule has 0 radical (unpaired) electrons. The van der Waals surface area contributed by atoms with Crippen molar-refractivity contribution in [1.29, 1.82) is 0 Å². The molecule has 0 aromatic carbocycles. The lowest BCUT2D eigenvalue weighted by Crippen LogP contribution is -2.47. The lowest BCUT2D eigenvalue weighted by Gasteiger charge is -2.41. The lowest BCUT2D eigenvalue weighted by atomic mass is 9.87. The van der Waals surface area contributed by atoms with Crippen molar-refractivity contribution in [3.05, 3.63) is 12.7 Å². The van der Waals surface area contributed by atoms with Crippen LogP contribution in [-0.2, 0) is 4.79 Å². The first-order valence-corrected chi connectivity index (χ1v) is 6.23. The first-order valence-electron chi connectivity index (χ1n) is 6.23. The smallest absolute Gasteiger partial charge is 0.303 e. The summed E-state index contributed by atoms with van der Waals surface area (Å²) in [6.07, 6.45) is 6.94. The van der Waals surface area contributed by atoms with Gasteiger partial charge in [0.2, 0.25) is 0 Å². The van der Waals surface area contributed by atoms with E-state index in [-0.39, 0.29) is 0 Å². The van der Waals surface area contributed by atoms with Gasteiger partial charge in [-0.15, -0.1) is 6.58 Å². The van der Waals surface area contributed by atoms with Gasteiger partial charge in [-0.3, -0.25) is 9.69 Å². The Morgan fingerprint density at radius 2 is 2.06 bits per heavy atom. The number of rotatable bonds is 4. The summed E-state index contributed by atoms with van der Waals surface area (Å²) < 4.78 is 0. The molecule has 0 aromatic rings. The fourth-order valence-electron chi connectivity index (χ4n) is 3.53. The normalized spacial score (nSPS) is 35.9. The Kier molecular flexibility index (Phi) is 3.33. The van der Waals surface area contributed by atoms with Crippen molar-refractivity contribution in [2.75, 3.05) is 0 Å². The number of carboxylic acids is 1. The summed E-state index contributed by atoms with van der Waals surface area (Å²) >= 11 is 0. The van der Waals surface area contributed by atoms with Gasteiger partial charge in [0.05, 0.1) is 0 Å². The lowest BCUT2D eigenvalue weighted by molar-refractivity contribution is -0.138. The van der Waals surface area contributed by atoms with E-state index in [1.165, 1.54) is 12.8 Å². The highest BCUT2D eigenvalue weighted by Crippen LogP contribution is 2.41. The first kappa shape index (κ1) is 11.6. The Bertz CT molecular complexity index is 276. The molecular weight excluding hydrogens is 202 g/mol. The predicted molar refractivity (Wildman–Crippen MR) is 63.3 cm³/mol. The molecule has 2 aliphatic rings. The number of aliphatic carboxylic acids is 1. The third-order valence-electron chi connectivity index (χ3n) is 4.16. The van der Waals surface area contributed by atoms with Crippen LogP contribution in [0.4, 0.5) is 0 Å². The molecule has 16 heavy (non-hydrogen) atoms. The van der Waals surface area contributed by atoms with Gasteiger partial charge < -0.3 is 5.11 Å². The fraction of sp³-hybridized carbons (Fsp3) is 0.769. The van der Waals surface area contributed by atoms with Crippen molar-refractivity contribution in [3.63, 3.8) is 0 Å². The topological polar surface area (TPSA) is 40.5 Å². The van der Waals surface area contributed by atoms with Gasteiger partial charge in [-0.05, 0) is 38.5 Å².